The number of nitrogens with zero attached hydrogens (tertiary/aromatic N) is 2. The summed E-state index contributed by atoms with van der Waals surface area (Å²) in [6, 6.07) is 7.11. The number of carbonyl (C=O) groups excluding carboxylic acids is 4. The number of ether oxygens (including phenoxy) is 1. The van der Waals surface area contributed by atoms with Crippen LogP contribution in [-0.4, -0.2) is 54.0 Å². The Morgan fingerprint density at radius 1 is 1.20 bits per heavy atom. The molecule has 0 aromatic heterocycles. The van der Waals surface area contributed by atoms with Crippen molar-refractivity contribution in [3.05, 3.63) is 29.8 Å². The Kier molecular flexibility index (Phi) is 5.49. The standard InChI is InChI=1S/C22H27N3O5/c1-15-7-4-5-11-22(15)20(28)25(21(29)23-22)13-19(27)30-14-18(26)24-12-6-9-16-8-2-3-10-17(16)24/h2-3,8,10,15H,4-7,9,11-14H2,1H3,(H,23,29)/t15-,22-/m0/s1. The summed E-state index contributed by atoms with van der Waals surface area (Å²) in [5.74, 6) is -1.43. The third-order valence-electron chi connectivity index (χ3n) is 6.56. The Morgan fingerprint density at radius 3 is 2.80 bits per heavy atom. The number of anilines is 1. The number of rotatable bonds is 4. The van der Waals surface area contributed by atoms with Gasteiger partial charge in [-0.1, -0.05) is 38.0 Å². The zero-order valence-corrected chi connectivity index (χ0v) is 17.2. The predicted octanol–water partition coefficient (Wildman–Crippen LogP) is 2.01. The van der Waals surface area contributed by atoms with E-state index in [0.29, 0.717) is 13.0 Å². The molecule has 2 aliphatic heterocycles. The molecule has 1 saturated heterocycles. The van der Waals surface area contributed by atoms with Crippen LogP contribution in [0.1, 0.15) is 44.6 Å². The molecule has 1 saturated carbocycles. The molecule has 2 fully saturated rings. The molecule has 0 bridgehead atoms. The number of amides is 4. The van der Waals surface area contributed by atoms with Gasteiger partial charge in [-0.15, -0.1) is 0 Å². The number of hydrogen-bond acceptors (Lipinski definition) is 5. The quantitative estimate of drug-likeness (QED) is 0.602. The highest BCUT2D eigenvalue weighted by atomic mass is 16.5. The van der Waals surface area contributed by atoms with Gasteiger partial charge in [-0.3, -0.25) is 19.3 Å². The molecular weight excluding hydrogens is 386 g/mol. The number of esters is 1. The van der Waals surface area contributed by atoms with Gasteiger partial charge in [-0.05, 0) is 43.2 Å². The summed E-state index contributed by atoms with van der Waals surface area (Å²) in [5.41, 5.74) is 1.02. The lowest BCUT2D eigenvalue weighted by Crippen LogP contribution is -2.54. The Labute approximate surface area is 175 Å². The third-order valence-corrected chi connectivity index (χ3v) is 6.56. The molecule has 0 radical (unpaired) electrons. The minimum absolute atomic E-state index is 0.0180. The summed E-state index contributed by atoms with van der Waals surface area (Å²) < 4.78 is 5.13. The van der Waals surface area contributed by atoms with Crippen molar-refractivity contribution in [3.63, 3.8) is 0 Å². The largest absolute Gasteiger partial charge is 0.454 e. The number of fused-ring (bicyclic) bond motifs is 1. The number of urea groups is 1. The van der Waals surface area contributed by atoms with Crippen LogP contribution < -0.4 is 10.2 Å². The van der Waals surface area contributed by atoms with Crippen molar-refractivity contribution in [2.75, 3.05) is 24.6 Å². The van der Waals surface area contributed by atoms with E-state index in [0.717, 1.165) is 48.3 Å². The normalized spacial score (nSPS) is 25.8. The summed E-state index contributed by atoms with van der Waals surface area (Å²) in [6.07, 6.45) is 5.08. The molecule has 3 aliphatic rings. The van der Waals surface area contributed by atoms with Crippen molar-refractivity contribution in [2.45, 2.75) is 51.0 Å². The van der Waals surface area contributed by atoms with Gasteiger partial charge in [0.1, 0.15) is 12.1 Å². The van der Waals surface area contributed by atoms with E-state index >= 15 is 0 Å². The van der Waals surface area contributed by atoms with Crippen LogP contribution in [0.5, 0.6) is 0 Å². The topological polar surface area (TPSA) is 96.0 Å². The molecule has 1 aromatic rings. The van der Waals surface area contributed by atoms with Crippen molar-refractivity contribution < 1.29 is 23.9 Å². The van der Waals surface area contributed by atoms with Gasteiger partial charge in [0.2, 0.25) is 0 Å². The minimum atomic E-state index is -0.914. The first-order chi connectivity index (χ1) is 14.4. The lowest BCUT2D eigenvalue weighted by Gasteiger charge is -2.36. The van der Waals surface area contributed by atoms with Gasteiger partial charge in [0.05, 0.1) is 0 Å². The fourth-order valence-corrected chi connectivity index (χ4v) is 4.83. The van der Waals surface area contributed by atoms with E-state index in [1.54, 1.807) is 4.90 Å². The lowest BCUT2D eigenvalue weighted by atomic mass is 9.73. The molecule has 1 aliphatic carbocycles. The fourth-order valence-electron chi connectivity index (χ4n) is 4.83. The highest BCUT2D eigenvalue weighted by Crippen LogP contribution is 2.38. The number of imide groups is 1. The summed E-state index contributed by atoms with van der Waals surface area (Å²) in [4.78, 5) is 52.8. The van der Waals surface area contributed by atoms with Crippen LogP contribution in [0.25, 0.3) is 0 Å². The van der Waals surface area contributed by atoms with Crippen molar-refractivity contribution in [1.82, 2.24) is 10.2 Å². The monoisotopic (exact) mass is 413 g/mol. The van der Waals surface area contributed by atoms with E-state index < -0.39 is 30.7 Å². The van der Waals surface area contributed by atoms with Crippen LogP contribution in [0, 0.1) is 5.92 Å². The predicted molar refractivity (Wildman–Crippen MR) is 109 cm³/mol. The van der Waals surface area contributed by atoms with Crippen molar-refractivity contribution >= 4 is 29.5 Å². The van der Waals surface area contributed by atoms with Crippen molar-refractivity contribution in [2.24, 2.45) is 5.92 Å². The molecule has 8 heteroatoms. The number of para-hydroxylation sites is 1. The average molecular weight is 413 g/mol. The van der Waals surface area contributed by atoms with E-state index in [9.17, 15) is 19.2 Å². The number of nitrogens with one attached hydrogen (secondary N) is 1. The minimum Gasteiger partial charge on any atom is -0.454 e. The number of carbonyl (C=O) groups is 4. The van der Waals surface area contributed by atoms with Gasteiger partial charge in [0, 0.05) is 12.2 Å². The lowest BCUT2D eigenvalue weighted by molar-refractivity contribution is -0.151. The van der Waals surface area contributed by atoms with Crippen LogP contribution in [0.4, 0.5) is 10.5 Å². The molecule has 1 N–H and O–H groups in total. The smallest absolute Gasteiger partial charge is 0.326 e. The Bertz CT molecular complexity index is 885. The SMILES string of the molecule is C[C@H]1CCCC[C@]12NC(=O)N(CC(=O)OCC(=O)N1CCCc3ccccc31)C2=O. The molecule has 2 heterocycles. The summed E-state index contributed by atoms with van der Waals surface area (Å²) in [7, 11) is 0. The van der Waals surface area contributed by atoms with E-state index in [1.807, 2.05) is 31.2 Å². The van der Waals surface area contributed by atoms with Crippen LogP contribution in [0.2, 0.25) is 0 Å². The number of benzene rings is 1. The Balaban J connectivity index is 1.35. The molecule has 30 heavy (non-hydrogen) atoms. The van der Waals surface area contributed by atoms with Gasteiger partial charge in [0.25, 0.3) is 11.8 Å². The molecule has 160 valence electrons. The molecular formula is C22H27N3O5. The van der Waals surface area contributed by atoms with Gasteiger partial charge >= 0.3 is 12.0 Å². The summed E-state index contributed by atoms with van der Waals surface area (Å²) in [5, 5.41) is 2.81. The van der Waals surface area contributed by atoms with Gasteiger partial charge in [-0.25, -0.2) is 4.79 Å². The average Bonchev–Trinajstić information content (AvgIpc) is 2.98. The number of hydrogen-bond donors (Lipinski definition) is 1. The maximum Gasteiger partial charge on any atom is 0.326 e. The van der Waals surface area contributed by atoms with Gasteiger partial charge in [0.15, 0.2) is 6.61 Å². The maximum absolute atomic E-state index is 12.9. The first kappa shape index (κ1) is 20.4. The van der Waals surface area contributed by atoms with Crippen molar-refractivity contribution in [3.8, 4) is 0 Å². The van der Waals surface area contributed by atoms with Crippen LogP contribution in [0.15, 0.2) is 24.3 Å². The molecule has 1 aromatic carbocycles. The zero-order chi connectivity index (χ0) is 21.3. The Morgan fingerprint density at radius 2 is 2.00 bits per heavy atom. The van der Waals surface area contributed by atoms with E-state index in [1.165, 1.54) is 0 Å². The van der Waals surface area contributed by atoms with E-state index in [-0.39, 0.29) is 17.7 Å². The first-order valence-corrected chi connectivity index (χ1v) is 10.6. The second-order valence-electron chi connectivity index (χ2n) is 8.38. The highest BCUT2D eigenvalue weighted by Gasteiger charge is 2.55. The van der Waals surface area contributed by atoms with E-state index in [4.69, 9.17) is 4.74 Å². The second-order valence-corrected chi connectivity index (χ2v) is 8.38. The van der Waals surface area contributed by atoms with Crippen LogP contribution >= 0.6 is 0 Å². The van der Waals surface area contributed by atoms with Crippen LogP contribution in [0.3, 0.4) is 0 Å². The van der Waals surface area contributed by atoms with Gasteiger partial charge in [-0.2, -0.15) is 0 Å². The zero-order valence-electron chi connectivity index (χ0n) is 17.2. The second kappa shape index (κ2) is 8.08. The number of aryl methyl sites for hydroxylation is 1. The van der Waals surface area contributed by atoms with E-state index in [2.05, 4.69) is 5.32 Å². The molecule has 4 amide bonds. The molecule has 8 nitrogen and oxygen atoms in total. The first-order valence-electron chi connectivity index (χ1n) is 10.6. The van der Waals surface area contributed by atoms with Gasteiger partial charge < -0.3 is 15.0 Å². The summed E-state index contributed by atoms with van der Waals surface area (Å²) >= 11 is 0. The molecule has 4 rings (SSSR count). The fraction of sp³-hybridized carbons (Fsp3) is 0.545. The van der Waals surface area contributed by atoms with Crippen molar-refractivity contribution in [1.29, 1.82) is 0 Å². The van der Waals surface area contributed by atoms with Crippen LogP contribution in [-0.2, 0) is 25.5 Å². The molecule has 2 atom stereocenters. The summed E-state index contributed by atoms with van der Waals surface area (Å²) in [6.45, 7) is 1.62. The third kappa shape index (κ3) is 3.55. The molecule has 1 spiro atoms. The highest BCUT2D eigenvalue weighted by molar-refractivity contribution is 6.09. The Hall–Kier alpha value is -2.90. The maximum atomic E-state index is 12.9. The molecule has 0 unspecified atom stereocenters.